The summed E-state index contributed by atoms with van der Waals surface area (Å²) in [4.78, 5) is 2.74. The molecule has 0 saturated heterocycles. The molecule has 1 aromatic heterocycles. The quantitative estimate of drug-likeness (QED) is 0.689. The summed E-state index contributed by atoms with van der Waals surface area (Å²) in [7, 11) is 0. The van der Waals surface area contributed by atoms with Gasteiger partial charge in [-0.2, -0.15) is 0 Å². The molecule has 2 aromatic carbocycles. The Hall–Kier alpha value is -1.64. The van der Waals surface area contributed by atoms with Gasteiger partial charge in [-0.1, -0.05) is 43.3 Å². The lowest BCUT2D eigenvalue weighted by Crippen LogP contribution is -2.16. The topological polar surface area (TPSA) is 12.0 Å². The summed E-state index contributed by atoms with van der Waals surface area (Å²) >= 11 is 1.88. The fourth-order valence-electron chi connectivity index (χ4n) is 2.49. The molecule has 2 heteroatoms. The highest BCUT2D eigenvalue weighted by molar-refractivity contribution is 7.15. The normalized spacial score (nSPS) is 12.7. The van der Waals surface area contributed by atoms with Crippen LogP contribution in [0.3, 0.4) is 0 Å². The lowest BCUT2D eigenvalue weighted by Gasteiger charge is -2.09. The van der Waals surface area contributed by atoms with Gasteiger partial charge in [0.15, 0.2) is 0 Å². The molecule has 0 saturated carbocycles. The number of hydrogen-bond donors (Lipinski definition) is 1. The third-order valence-corrected chi connectivity index (χ3v) is 4.91. The first-order valence-electron chi connectivity index (χ1n) is 7.10. The Kier molecular flexibility index (Phi) is 3.86. The highest BCUT2D eigenvalue weighted by Gasteiger charge is 2.08. The highest BCUT2D eigenvalue weighted by Crippen LogP contribution is 2.32. The van der Waals surface area contributed by atoms with Crippen LogP contribution < -0.4 is 5.32 Å². The predicted octanol–water partition coefficient (Wildman–Crippen LogP) is 5.24. The van der Waals surface area contributed by atoms with E-state index in [1.807, 2.05) is 11.3 Å². The van der Waals surface area contributed by atoms with Gasteiger partial charge in [0, 0.05) is 15.8 Å². The van der Waals surface area contributed by atoms with E-state index in [0.717, 1.165) is 6.54 Å². The zero-order valence-corrected chi connectivity index (χ0v) is 12.7. The predicted molar refractivity (Wildman–Crippen MR) is 89.4 cm³/mol. The number of hydrogen-bond acceptors (Lipinski definition) is 2. The van der Waals surface area contributed by atoms with Crippen LogP contribution in [0.15, 0.2) is 54.6 Å². The average molecular weight is 281 g/mol. The molecule has 1 N–H and O–H groups in total. The minimum Gasteiger partial charge on any atom is -0.310 e. The zero-order valence-electron chi connectivity index (χ0n) is 11.9. The van der Waals surface area contributed by atoms with Crippen LogP contribution in [0.5, 0.6) is 0 Å². The Balaban J connectivity index is 1.94. The first kappa shape index (κ1) is 13.3. The van der Waals surface area contributed by atoms with Crippen molar-refractivity contribution in [1.82, 2.24) is 5.32 Å². The molecule has 0 amide bonds. The van der Waals surface area contributed by atoms with E-state index in [0.29, 0.717) is 6.04 Å². The largest absolute Gasteiger partial charge is 0.310 e. The minimum absolute atomic E-state index is 0.430. The molecule has 3 aromatic rings. The monoisotopic (exact) mass is 281 g/mol. The van der Waals surface area contributed by atoms with Crippen molar-refractivity contribution < 1.29 is 0 Å². The van der Waals surface area contributed by atoms with Crippen LogP contribution >= 0.6 is 11.3 Å². The molecule has 1 unspecified atom stereocenters. The second-order valence-electron chi connectivity index (χ2n) is 5.04. The van der Waals surface area contributed by atoms with Crippen LogP contribution in [-0.2, 0) is 0 Å². The maximum absolute atomic E-state index is 3.47. The van der Waals surface area contributed by atoms with Crippen LogP contribution in [0.4, 0.5) is 0 Å². The first-order chi connectivity index (χ1) is 9.78. The Bertz CT molecular complexity index is 714. The molecular weight excluding hydrogens is 262 g/mol. The van der Waals surface area contributed by atoms with E-state index in [-0.39, 0.29) is 0 Å². The number of fused-ring (bicyclic) bond motifs is 1. The first-order valence-corrected chi connectivity index (χ1v) is 7.92. The molecule has 0 aliphatic heterocycles. The molecule has 0 spiro atoms. The number of nitrogens with one attached hydrogen (secondary N) is 1. The van der Waals surface area contributed by atoms with Crippen molar-refractivity contribution in [1.29, 1.82) is 0 Å². The average Bonchev–Trinajstić information content (AvgIpc) is 2.97. The summed E-state index contributed by atoms with van der Waals surface area (Å²) in [5.74, 6) is 0. The second-order valence-corrected chi connectivity index (χ2v) is 6.16. The number of benzene rings is 2. The lowest BCUT2D eigenvalue weighted by molar-refractivity contribution is 0.607. The fourth-order valence-corrected chi connectivity index (χ4v) is 3.52. The van der Waals surface area contributed by atoms with Crippen molar-refractivity contribution in [2.45, 2.75) is 19.9 Å². The maximum atomic E-state index is 3.47. The van der Waals surface area contributed by atoms with Crippen LogP contribution in [0.2, 0.25) is 0 Å². The Morgan fingerprint density at radius 2 is 1.80 bits per heavy atom. The van der Waals surface area contributed by atoms with Crippen LogP contribution in [0.1, 0.15) is 24.8 Å². The molecule has 1 atom stereocenters. The Labute approximate surface area is 124 Å². The molecule has 0 fully saturated rings. The summed E-state index contributed by atoms with van der Waals surface area (Å²) in [6.07, 6.45) is 0. The van der Waals surface area contributed by atoms with Crippen molar-refractivity contribution >= 4 is 22.1 Å². The van der Waals surface area contributed by atoms with E-state index in [1.54, 1.807) is 0 Å². The molecule has 20 heavy (non-hydrogen) atoms. The third-order valence-electron chi connectivity index (χ3n) is 3.60. The smallest absolute Gasteiger partial charge is 0.0386 e. The standard InChI is InChI=1S/C18H19NS/c1-3-19-13(2)17-10-11-18(20-17)16-9-8-14-6-4-5-7-15(14)12-16/h4-13,19H,3H2,1-2H3. The number of thiophene rings is 1. The van der Waals surface area contributed by atoms with E-state index in [9.17, 15) is 0 Å². The summed E-state index contributed by atoms with van der Waals surface area (Å²) < 4.78 is 0. The van der Waals surface area contributed by atoms with E-state index in [2.05, 4.69) is 73.8 Å². The van der Waals surface area contributed by atoms with Gasteiger partial charge in [0.2, 0.25) is 0 Å². The van der Waals surface area contributed by atoms with Gasteiger partial charge >= 0.3 is 0 Å². The van der Waals surface area contributed by atoms with Crippen molar-refractivity contribution in [2.24, 2.45) is 0 Å². The van der Waals surface area contributed by atoms with E-state index >= 15 is 0 Å². The van der Waals surface area contributed by atoms with Crippen molar-refractivity contribution in [2.75, 3.05) is 6.54 Å². The van der Waals surface area contributed by atoms with Crippen LogP contribution in [0.25, 0.3) is 21.2 Å². The van der Waals surface area contributed by atoms with E-state index in [1.165, 1.54) is 26.1 Å². The molecule has 3 rings (SSSR count). The van der Waals surface area contributed by atoms with Gasteiger partial charge in [-0.15, -0.1) is 11.3 Å². The van der Waals surface area contributed by atoms with Crippen LogP contribution in [0, 0.1) is 0 Å². The molecule has 102 valence electrons. The highest BCUT2D eigenvalue weighted by atomic mass is 32.1. The lowest BCUT2D eigenvalue weighted by atomic mass is 10.1. The molecule has 0 aliphatic carbocycles. The van der Waals surface area contributed by atoms with Crippen LogP contribution in [-0.4, -0.2) is 6.54 Å². The van der Waals surface area contributed by atoms with E-state index < -0.39 is 0 Å². The van der Waals surface area contributed by atoms with Gasteiger partial charge in [-0.3, -0.25) is 0 Å². The van der Waals surface area contributed by atoms with Gasteiger partial charge in [0.25, 0.3) is 0 Å². The Morgan fingerprint density at radius 3 is 2.60 bits per heavy atom. The van der Waals surface area contributed by atoms with Crippen molar-refractivity contribution in [3.8, 4) is 10.4 Å². The summed E-state index contributed by atoms with van der Waals surface area (Å²) in [5, 5.41) is 6.07. The summed E-state index contributed by atoms with van der Waals surface area (Å²) in [6, 6.07) is 20.1. The maximum Gasteiger partial charge on any atom is 0.0386 e. The van der Waals surface area contributed by atoms with Crippen molar-refractivity contribution in [3.05, 3.63) is 59.5 Å². The number of rotatable bonds is 4. The Morgan fingerprint density at radius 1 is 1.00 bits per heavy atom. The summed E-state index contributed by atoms with van der Waals surface area (Å²) in [6.45, 7) is 5.37. The molecule has 0 bridgehead atoms. The SMILES string of the molecule is CCNC(C)c1ccc(-c2ccc3ccccc3c2)s1. The molecular formula is C18H19NS. The molecule has 0 aliphatic rings. The van der Waals surface area contributed by atoms with Crippen molar-refractivity contribution in [3.63, 3.8) is 0 Å². The second kappa shape index (κ2) is 5.78. The minimum atomic E-state index is 0.430. The van der Waals surface area contributed by atoms with Gasteiger partial charge in [-0.05, 0) is 48.0 Å². The van der Waals surface area contributed by atoms with Gasteiger partial charge in [0.05, 0.1) is 0 Å². The fraction of sp³-hybridized carbons (Fsp3) is 0.222. The summed E-state index contributed by atoms with van der Waals surface area (Å²) in [5.41, 5.74) is 1.31. The van der Waals surface area contributed by atoms with Gasteiger partial charge in [0.1, 0.15) is 0 Å². The van der Waals surface area contributed by atoms with Gasteiger partial charge in [-0.25, -0.2) is 0 Å². The van der Waals surface area contributed by atoms with Gasteiger partial charge < -0.3 is 5.32 Å². The third kappa shape index (κ3) is 2.62. The van der Waals surface area contributed by atoms with E-state index in [4.69, 9.17) is 0 Å². The zero-order chi connectivity index (χ0) is 13.9. The molecule has 1 heterocycles. The molecule has 1 nitrogen and oxygen atoms in total. The molecule has 0 radical (unpaired) electrons.